The minimum atomic E-state index is -0.847. The molecule has 0 aliphatic rings. The van der Waals surface area contributed by atoms with Gasteiger partial charge in [-0.25, -0.2) is 0 Å². The van der Waals surface area contributed by atoms with E-state index in [-0.39, 0.29) is 0 Å². The molecule has 0 bridgehead atoms. The maximum Gasteiger partial charge on any atom is 0.593 e. The Morgan fingerprint density at radius 3 is 2.55 bits per heavy atom. The summed E-state index contributed by atoms with van der Waals surface area (Å²) in [5.74, 6) is 0. The molecule has 11 heavy (non-hydrogen) atoms. The third-order valence-corrected chi connectivity index (χ3v) is 1.40. The first-order valence-electron chi connectivity index (χ1n) is 4.05. The summed E-state index contributed by atoms with van der Waals surface area (Å²) in [6.07, 6.45) is 3.60. The Bertz CT molecular complexity index is 152. The van der Waals surface area contributed by atoms with Gasteiger partial charge in [-0.1, -0.05) is 20.3 Å². The molecule has 0 aliphatic heterocycles. The molecule has 64 valence electrons. The van der Waals surface area contributed by atoms with Gasteiger partial charge in [0, 0.05) is 12.8 Å². The van der Waals surface area contributed by atoms with E-state index in [2.05, 4.69) is 0 Å². The zero-order valence-corrected chi connectivity index (χ0v) is 7.21. The molecular formula is C8H16NO2+. The highest BCUT2D eigenvalue weighted by molar-refractivity contribution is 5.63. The molecule has 3 heteroatoms. The minimum absolute atomic E-state index is 0.625. The molecule has 0 saturated heterocycles. The quantitative estimate of drug-likeness (QED) is 0.502. The molecule has 0 atom stereocenters. The number of rotatable bonds is 4. The lowest BCUT2D eigenvalue weighted by Gasteiger charge is -1.93. The fourth-order valence-corrected chi connectivity index (χ4v) is 0.814. The molecule has 0 aromatic heterocycles. The van der Waals surface area contributed by atoms with Crippen LogP contribution in [0.25, 0.3) is 0 Å². The number of carboxylic acid groups (broad SMARTS) is 1. The van der Waals surface area contributed by atoms with Crippen molar-refractivity contribution in [2.75, 3.05) is 6.54 Å². The summed E-state index contributed by atoms with van der Waals surface area (Å²) in [5.41, 5.74) is 0. The zero-order chi connectivity index (χ0) is 8.69. The molecule has 0 radical (unpaired) electrons. The van der Waals surface area contributed by atoms with Crippen molar-refractivity contribution in [1.29, 1.82) is 0 Å². The summed E-state index contributed by atoms with van der Waals surface area (Å²) in [5, 5.41) is 8.63. The van der Waals surface area contributed by atoms with E-state index in [1.165, 1.54) is 4.58 Å². The van der Waals surface area contributed by atoms with Crippen LogP contribution < -0.4 is 0 Å². The first-order valence-corrected chi connectivity index (χ1v) is 4.05. The molecule has 1 N–H and O–H groups in total. The van der Waals surface area contributed by atoms with Crippen LogP contribution in [0, 0.1) is 0 Å². The van der Waals surface area contributed by atoms with Crippen LogP contribution in [0.3, 0.4) is 0 Å². The standard InChI is InChI=1S/C8H15NO2/c1-3-5-7-9(6-4-2)8(10)11/h6H,3-5,7H2,1-2H3/p+1. The molecule has 0 unspecified atom stereocenters. The van der Waals surface area contributed by atoms with Crippen molar-refractivity contribution in [1.82, 2.24) is 0 Å². The van der Waals surface area contributed by atoms with Gasteiger partial charge in [0.1, 0.15) is 0 Å². The third kappa shape index (κ3) is 4.53. The largest absolute Gasteiger partial charge is 0.593 e. The molecule has 0 aromatic rings. The molecule has 1 amide bonds. The Morgan fingerprint density at radius 1 is 1.55 bits per heavy atom. The normalized spacial score (nSPS) is 11.6. The van der Waals surface area contributed by atoms with Gasteiger partial charge in [0.2, 0.25) is 0 Å². The Labute approximate surface area is 67.4 Å². The lowest BCUT2D eigenvalue weighted by molar-refractivity contribution is -0.441. The molecule has 0 heterocycles. The second-order valence-electron chi connectivity index (χ2n) is 2.42. The van der Waals surface area contributed by atoms with Gasteiger partial charge in [-0.2, -0.15) is 4.79 Å². The summed E-state index contributed by atoms with van der Waals surface area (Å²) < 4.78 is 1.35. The monoisotopic (exact) mass is 158 g/mol. The van der Waals surface area contributed by atoms with E-state index in [1.807, 2.05) is 13.8 Å². The van der Waals surface area contributed by atoms with Crippen LogP contribution in [0.2, 0.25) is 0 Å². The molecule has 0 saturated carbocycles. The predicted molar refractivity (Wildman–Crippen MR) is 44.4 cm³/mol. The van der Waals surface area contributed by atoms with Gasteiger partial charge in [-0.15, -0.1) is 4.58 Å². The maximum atomic E-state index is 10.5. The maximum absolute atomic E-state index is 10.5. The first kappa shape index (κ1) is 10.1. The van der Waals surface area contributed by atoms with Gasteiger partial charge in [0.15, 0.2) is 12.8 Å². The fraction of sp³-hybridized carbons (Fsp3) is 0.750. The van der Waals surface area contributed by atoms with Gasteiger partial charge in [-0.05, 0) is 0 Å². The molecule has 0 aliphatic carbocycles. The Morgan fingerprint density at radius 2 is 2.18 bits per heavy atom. The van der Waals surface area contributed by atoms with E-state index < -0.39 is 6.09 Å². The van der Waals surface area contributed by atoms with Crippen LogP contribution in [-0.2, 0) is 0 Å². The number of amides is 1. The van der Waals surface area contributed by atoms with Crippen LogP contribution in [0.4, 0.5) is 4.79 Å². The van der Waals surface area contributed by atoms with Gasteiger partial charge in [-0.3, -0.25) is 0 Å². The van der Waals surface area contributed by atoms with Crippen LogP contribution in [0.15, 0.2) is 0 Å². The Hall–Kier alpha value is -0.860. The molecule has 0 fully saturated rings. The highest BCUT2D eigenvalue weighted by Crippen LogP contribution is 1.88. The predicted octanol–water partition coefficient (Wildman–Crippen LogP) is 1.96. The summed E-state index contributed by atoms with van der Waals surface area (Å²) in [7, 11) is 0. The topological polar surface area (TPSA) is 40.3 Å². The summed E-state index contributed by atoms with van der Waals surface area (Å²) in [6, 6.07) is 0. The van der Waals surface area contributed by atoms with E-state index in [9.17, 15) is 4.79 Å². The van der Waals surface area contributed by atoms with Crippen molar-refractivity contribution in [3.63, 3.8) is 0 Å². The third-order valence-electron chi connectivity index (χ3n) is 1.40. The van der Waals surface area contributed by atoms with Gasteiger partial charge < -0.3 is 5.11 Å². The second kappa shape index (κ2) is 5.89. The lowest BCUT2D eigenvalue weighted by atomic mass is 10.3. The molecule has 0 spiro atoms. The Kier molecular flexibility index (Phi) is 5.43. The number of unbranched alkanes of at least 4 members (excludes halogenated alkanes) is 1. The fourth-order valence-electron chi connectivity index (χ4n) is 0.814. The zero-order valence-electron chi connectivity index (χ0n) is 7.21. The van der Waals surface area contributed by atoms with E-state index in [4.69, 9.17) is 5.11 Å². The van der Waals surface area contributed by atoms with E-state index in [0.717, 1.165) is 19.3 Å². The van der Waals surface area contributed by atoms with Crippen LogP contribution >= 0.6 is 0 Å². The average Bonchev–Trinajstić information content (AvgIpc) is 1.97. The van der Waals surface area contributed by atoms with Crippen LogP contribution in [-0.4, -0.2) is 28.5 Å². The van der Waals surface area contributed by atoms with Crippen molar-refractivity contribution < 1.29 is 14.5 Å². The number of carbonyl (C=O) groups is 1. The van der Waals surface area contributed by atoms with E-state index >= 15 is 0 Å². The average molecular weight is 158 g/mol. The van der Waals surface area contributed by atoms with E-state index in [0.29, 0.717) is 6.54 Å². The SMILES string of the molecule is CCC=[N+](CCCC)C(=O)O. The number of hydrogen-bond acceptors (Lipinski definition) is 1. The smallest absolute Gasteiger partial charge is 0.427 e. The van der Waals surface area contributed by atoms with Crippen LogP contribution in [0.5, 0.6) is 0 Å². The Balaban J connectivity index is 3.90. The van der Waals surface area contributed by atoms with Crippen LogP contribution in [0.1, 0.15) is 33.1 Å². The highest BCUT2D eigenvalue weighted by Gasteiger charge is 2.12. The van der Waals surface area contributed by atoms with Crippen molar-refractivity contribution in [2.45, 2.75) is 33.1 Å². The van der Waals surface area contributed by atoms with Gasteiger partial charge in [0.05, 0.1) is 0 Å². The second-order valence-corrected chi connectivity index (χ2v) is 2.42. The van der Waals surface area contributed by atoms with Crippen molar-refractivity contribution in [3.05, 3.63) is 0 Å². The van der Waals surface area contributed by atoms with Crippen molar-refractivity contribution in [3.8, 4) is 0 Å². The van der Waals surface area contributed by atoms with Crippen molar-refractivity contribution in [2.24, 2.45) is 0 Å². The summed E-state index contributed by atoms with van der Waals surface area (Å²) in [4.78, 5) is 10.5. The van der Waals surface area contributed by atoms with Gasteiger partial charge in [0.25, 0.3) is 0 Å². The van der Waals surface area contributed by atoms with Crippen molar-refractivity contribution >= 4 is 12.3 Å². The molecule has 0 rings (SSSR count). The highest BCUT2D eigenvalue weighted by atomic mass is 16.4. The number of hydrogen-bond donors (Lipinski definition) is 1. The lowest BCUT2D eigenvalue weighted by Crippen LogP contribution is -2.20. The first-order chi connectivity index (χ1) is 5.22. The van der Waals surface area contributed by atoms with E-state index in [1.54, 1.807) is 6.21 Å². The van der Waals surface area contributed by atoms with Gasteiger partial charge >= 0.3 is 6.09 Å². The summed E-state index contributed by atoms with van der Waals surface area (Å²) in [6.45, 7) is 4.60. The summed E-state index contributed by atoms with van der Waals surface area (Å²) >= 11 is 0. The number of nitrogens with zero attached hydrogens (tertiary/aromatic N) is 1. The minimum Gasteiger partial charge on any atom is -0.427 e. The molecular weight excluding hydrogens is 142 g/mol. The molecule has 0 aromatic carbocycles. The molecule has 3 nitrogen and oxygen atoms in total.